The van der Waals surface area contributed by atoms with Gasteiger partial charge in [-0.2, -0.15) is 5.26 Å². The molecule has 2 aromatic rings. The number of halogens is 1. The van der Waals surface area contributed by atoms with Crippen LogP contribution in [0.2, 0.25) is 5.02 Å². The highest BCUT2D eigenvalue weighted by atomic mass is 35.5. The van der Waals surface area contributed by atoms with Crippen molar-refractivity contribution in [2.45, 2.75) is 13.1 Å². The minimum atomic E-state index is -0.0389. The molecule has 6 heteroatoms. The van der Waals surface area contributed by atoms with Crippen molar-refractivity contribution in [1.82, 2.24) is 15.1 Å². The molecule has 134 valence electrons. The molecule has 2 amide bonds. The van der Waals surface area contributed by atoms with Crippen LogP contribution in [0.1, 0.15) is 16.7 Å². The second-order valence-electron chi connectivity index (χ2n) is 6.36. The van der Waals surface area contributed by atoms with E-state index >= 15 is 0 Å². The number of amides is 2. The maximum absolute atomic E-state index is 12.3. The molecular weight excluding hydrogens is 348 g/mol. The molecule has 1 aliphatic rings. The molecule has 0 spiro atoms. The predicted molar refractivity (Wildman–Crippen MR) is 102 cm³/mol. The van der Waals surface area contributed by atoms with Crippen molar-refractivity contribution >= 4 is 17.6 Å². The first kappa shape index (κ1) is 18.2. The second-order valence-corrected chi connectivity index (χ2v) is 6.80. The smallest absolute Gasteiger partial charge is 0.317 e. The van der Waals surface area contributed by atoms with Gasteiger partial charge in [0.05, 0.1) is 11.6 Å². The van der Waals surface area contributed by atoms with Crippen LogP contribution in [0.25, 0.3) is 0 Å². The van der Waals surface area contributed by atoms with Gasteiger partial charge in [0.2, 0.25) is 0 Å². The summed E-state index contributed by atoms with van der Waals surface area (Å²) in [7, 11) is 0. The van der Waals surface area contributed by atoms with Gasteiger partial charge in [-0.25, -0.2) is 4.79 Å². The predicted octanol–water partition coefficient (Wildman–Crippen LogP) is 3.24. The summed E-state index contributed by atoms with van der Waals surface area (Å²) >= 11 is 5.96. The van der Waals surface area contributed by atoms with Gasteiger partial charge in [0.1, 0.15) is 0 Å². The number of carbonyl (C=O) groups is 1. The molecule has 5 nitrogen and oxygen atoms in total. The molecule has 0 atom stereocenters. The topological polar surface area (TPSA) is 59.4 Å². The zero-order chi connectivity index (χ0) is 18.4. The van der Waals surface area contributed by atoms with Gasteiger partial charge in [-0.3, -0.25) is 4.90 Å². The van der Waals surface area contributed by atoms with Crippen molar-refractivity contribution in [2.75, 3.05) is 26.2 Å². The lowest BCUT2D eigenvalue weighted by Gasteiger charge is -2.34. The fourth-order valence-corrected chi connectivity index (χ4v) is 3.20. The van der Waals surface area contributed by atoms with Crippen molar-refractivity contribution in [1.29, 1.82) is 5.26 Å². The third-order valence-corrected chi connectivity index (χ3v) is 4.72. The normalized spacial score (nSPS) is 14.7. The van der Waals surface area contributed by atoms with E-state index in [2.05, 4.69) is 16.3 Å². The summed E-state index contributed by atoms with van der Waals surface area (Å²) in [5.41, 5.74) is 2.85. The van der Waals surface area contributed by atoms with Gasteiger partial charge in [-0.05, 0) is 35.4 Å². The number of hydrogen-bond donors (Lipinski definition) is 1. The number of nitriles is 1. The molecule has 1 N–H and O–H groups in total. The Morgan fingerprint density at radius 1 is 1.08 bits per heavy atom. The maximum atomic E-state index is 12.3. The number of benzene rings is 2. The molecular formula is C20H21ClN4O. The Kier molecular flexibility index (Phi) is 6.11. The first-order chi connectivity index (χ1) is 12.6. The molecule has 1 fully saturated rings. The summed E-state index contributed by atoms with van der Waals surface area (Å²) in [6.07, 6.45) is 0. The molecule has 0 aromatic heterocycles. The minimum Gasteiger partial charge on any atom is -0.334 e. The Balaban J connectivity index is 1.44. The minimum absolute atomic E-state index is 0.0389. The van der Waals surface area contributed by atoms with Gasteiger partial charge in [0.15, 0.2) is 0 Å². The number of nitrogens with one attached hydrogen (secondary N) is 1. The first-order valence-electron chi connectivity index (χ1n) is 8.62. The third-order valence-electron chi connectivity index (χ3n) is 4.48. The summed E-state index contributed by atoms with van der Waals surface area (Å²) in [6.45, 7) is 4.40. The van der Waals surface area contributed by atoms with Crippen LogP contribution in [-0.2, 0) is 13.1 Å². The average Bonchev–Trinajstić information content (AvgIpc) is 2.67. The van der Waals surface area contributed by atoms with Crippen molar-refractivity contribution in [3.63, 3.8) is 0 Å². The first-order valence-corrected chi connectivity index (χ1v) is 9.00. The third kappa shape index (κ3) is 4.98. The number of urea groups is 1. The Labute approximate surface area is 158 Å². The quantitative estimate of drug-likeness (QED) is 0.901. The van der Waals surface area contributed by atoms with E-state index in [1.807, 2.05) is 53.4 Å². The van der Waals surface area contributed by atoms with E-state index in [0.29, 0.717) is 30.2 Å². The number of rotatable bonds is 4. The zero-order valence-electron chi connectivity index (χ0n) is 14.5. The van der Waals surface area contributed by atoms with Crippen LogP contribution in [0.4, 0.5) is 4.79 Å². The van der Waals surface area contributed by atoms with Gasteiger partial charge in [-0.1, -0.05) is 35.9 Å². The number of nitrogens with zero attached hydrogens (tertiary/aromatic N) is 3. The van der Waals surface area contributed by atoms with E-state index in [4.69, 9.17) is 16.9 Å². The summed E-state index contributed by atoms with van der Waals surface area (Å²) in [5, 5.41) is 12.5. The van der Waals surface area contributed by atoms with Gasteiger partial charge >= 0.3 is 6.03 Å². The fourth-order valence-electron chi connectivity index (χ4n) is 2.99. The van der Waals surface area contributed by atoms with Crippen LogP contribution in [0.15, 0.2) is 48.5 Å². The standard InChI is InChI=1S/C20H21ClN4O/c21-19-3-1-2-18(12-19)14-23-20(26)25-10-8-24(9-11-25)15-17-6-4-16(13-22)5-7-17/h1-7,12H,8-11,14-15H2,(H,23,26). The highest BCUT2D eigenvalue weighted by molar-refractivity contribution is 6.30. The zero-order valence-corrected chi connectivity index (χ0v) is 15.2. The lowest BCUT2D eigenvalue weighted by atomic mass is 10.1. The summed E-state index contributed by atoms with van der Waals surface area (Å²) in [4.78, 5) is 16.5. The summed E-state index contributed by atoms with van der Waals surface area (Å²) in [6, 6.07) is 17.3. The van der Waals surface area contributed by atoms with Gasteiger partial charge < -0.3 is 10.2 Å². The molecule has 0 unspecified atom stereocenters. The van der Waals surface area contributed by atoms with Gasteiger partial charge in [-0.15, -0.1) is 0 Å². The van der Waals surface area contributed by atoms with Gasteiger partial charge in [0, 0.05) is 44.3 Å². The average molecular weight is 369 g/mol. The summed E-state index contributed by atoms with van der Waals surface area (Å²) < 4.78 is 0. The molecule has 0 saturated carbocycles. The number of piperazine rings is 1. The van der Waals surface area contributed by atoms with E-state index in [1.54, 1.807) is 0 Å². The van der Waals surface area contributed by atoms with Crippen LogP contribution in [0.5, 0.6) is 0 Å². The number of carbonyl (C=O) groups excluding carboxylic acids is 1. The lowest BCUT2D eigenvalue weighted by molar-refractivity contribution is 0.135. The van der Waals surface area contributed by atoms with Crippen LogP contribution in [0.3, 0.4) is 0 Å². The van der Waals surface area contributed by atoms with E-state index < -0.39 is 0 Å². The molecule has 0 aliphatic carbocycles. The van der Waals surface area contributed by atoms with Crippen LogP contribution in [0, 0.1) is 11.3 Å². The van der Waals surface area contributed by atoms with E-state index in [0.717, 1.165) is 25.2 Å². The Bertz CT molecular complexity index is 792. The monoisotopic (exact) mass is 368 g/mol. The Morgan fingerprint density at radius 3 is 2.46 bits per heavy atom. The Morgan fingerprint density at radius 2 is 1.81 bits per heavy atom. The van der Waals surface area contributed by atoms with Gasteiger partial charge in [0.25, 0.3) is 0 Å². The highest BCUT2D eigenvalue weighted by Crippen LogP contribution is 2.12. The van der Waals surface area contributed by atoms with Crippen molar-refractivity contribution in [3.8, 4) is 6.07 Å². The maximum Gasteiger partial charge on any atom is 0.317 e. The van der Waals surface area contributed by atoms with Crippen LogP contribution < -0.4 is 5.32 Å². The molecule has 2 aromatic carbocycles. The summed E-state index contributed by atoms with van der Waals surface area (Å²) in [5.74, 6) is 0. The fraction of sp³-hybridized carbons (Fsp3) is 0.300. The molecule has 0 bridgehead atoms. The van der Waals surface area contributed by atoms with Crippen molar-refractivity contribution < 1.29 is 4.79 Å². The largest absolute Gasteiger partial charge is 0.334 e. The van der Waals surface area contributed by atoms with Crippen LogP contribution >= 0.6 is 11.6 Å². The van der Waals surface area contributed by atoms with E-state index in [-0.39, 0.29) is 6.03 Å². The van der Waals surface area contributed by atoms with E-state index in [1.165, 1.54) is 5.56 Å². The Hall–Kier alpha value is -2.55. The van der Waals surface area contributed by atoms with Crippen molar-refractivity contribution in [3.05, 3.63) is 70.2 Å². The molecule has 3 rings (SSSR count). The van der Waals surface area contributed by atoms with Crippen LogP contribution in [-0.4, -0.2) is 42.0 Å². The molecule has 1 heterocycles. The highest BCUT2D eigenvalue weighted by Gasteiger charge is 2.20. The molecule has 0 radical (unpaired) electrons. The SMILES string of the molecule is N#Cc1ccc(CN2CCN(C(=O)NCc3cccc(Cl)c3)CC2)cc1. The van der Waals surface area contributed by atoms with E-state index in [9.17, 15) is 4.79 Å². The molecule has 26 heavy (non-hydrogen) atoms. The second kappa shape index (κ2) is 8.70. The lowest BCUT2D eigenvalue weighted by Crippen LogP contribution is -2.51. The number of hydrogen-bond acceptors (Lipinski definition) is 3. The molecule has 1 saturated heterocycles. The molecule has 1 aliphatic heterocycles. The van der Waals surface area contributed by atoms with Crippen molar-refractivity contribution in [2.24, 2.45) is 0 Å².